The summed E-state index contributed by atoms with van der Waals surface area (Å²) in [4.78, 5) is 11.7. The summed E-state index contributed by atoms with van der Waals surface area (Å²) in [7, 11) is 0. The molecule has 114 valence electrons. The van der Waals surface area contributed by atoms with Crippen molar-refractivity contribution in [3.05, 3.63) is 35.1 Å². The third kappa shape index (κ3) is 3.58. The van der Waals surface area contributed by atoms with Gasteiger partial charge in [-0.1, -0.05) is 0 Å². The van der Waals surface area contributed by atoms with Crippen molar-refractivity contribution in [2.45, 2.75) is 26.2 Å². The molecule has 21 heavy (non-hydrogen) atoms. The maximum absolute atomic E-state index is 13.0. The highest BCUT2D eigenvalue weighted by molar-refractivity contribution is 5.88. The van der Waals surface area contributed by atoms with Crippen molar-refractivity contribution >= 4 is 16.9 Å². The minimum absolute atomic E-state index is 0.00382. The van der Waals surface area contributed by atoms with Crippen LogP contribution >= 0.6 is 0 Å². The number of rotatable bonds is 5. The van der Waals surface area contributed by atoms with Gasteiger partial charge in [0.2, 0.25) is 5.91 Å². The third-order valence-electron chi connectivity index (χ3n) is 3.46. The van der Waals surface area contributed by atoms with Gasteiger partial charge in [-0.25, -0.2) is 8.78 Å². The van der Waals surface area contributed by atoms with E-state index in [2.05, 4.69) is 5.32 Å². The van der Waals surface area contributed by atoms with Crippen LogP contribution in [-0.2, 0) is 11.2 Å². The Morgan fingerprint density at radius 2 is 2.00 bits per heavy atom. The van der Waals surface area contributed by atoms with Gasteiger partial charge < -0.3 is 15.5 Å². The van der Waals surface area contributed by atoms with E-state index in [1.807, 2.05) is 26.0 Å². The van der Waals surface area contributed by atoms with E-state index in [4.69, 9.17) is 10.2 Å². The molecule has 1 aromatic carbocycles. The van der Waals surface area contributed by atoms with Crippen LogP contribution in [0.25, 0.3) is 11.0 Å². The van der Waals surface area contributed by atoms with E-state index in [-0.39, 0.29) is 6.42 Å². The Labute approximate surface area is 121 Å². The highest BCUT2D eigenvalue weighted by atomic mass is 19.3. The van der Waals surface area contributed by atoms with E-state index in [9.17, 15) is 13.6 Å². The fourth-order valence-corrected chi connectivity index (χ4v) is 2.01. The topological polar surface area (TPSA) is 68.3 Å². The number of carbonyl (C=O) groups excluding carboxylic acids is 1. The first-order valence-electron chi connectivity index (χ1n) is 6.64. The first kappa shape index (κ1) is 15.4. The largest absolute Gasteiger partial charge is 0.464 e. The predicted octanol–water partition coefficient (Wildman–Crippen LogP) is 2.30. The number of hydrogen-bond acceptors (Lipinski definition) is 3. The molecule has 0 saturated carbocycles. The second-order valence-electron chi connectivity index (χ2n) is 5.21. The van der Waals surface area contributed by atoms with Crippen LogP contribution in [0.1, 0.15) is 16.7 Å². The number of alkyl halides is 2. The molecule has 0 atom stereocenters. The molecule has 0 spiro atoms. The zero-order valence-electron chi connectivity index (χ0n) is 12.0. The van der Waals surface area contributed by atoms with Crippen molar-refractivity contribution in [3.8, 4) is 0 Å². The molecule has 4 nitrogen and oxygen atoms in total. The number of halogens is 2. The standard InChI is InChI=1S/C15H18F2N2O2/c1-9-3-12-11(6-21-13(12)4-10(9)2)5-14(20)19-8-15(16,17)7-18/h3-4,6H,5,7-8,18H2,1-2H3,(H,19,20). The fourth-order valence-electron chi connectivity index (χ4n) is 2.01. The second-order valence-corrected chi connectivity index (χ2v) is 5.21. The van der Waals surface area contributed by atoms with Gasteiger partial charge in [0.1, 0.15) is 5.58 Å². The van der Waals surface area contributed by atoms with Gasteiger partial charge in [-0.05, 0) is 37.1 Å². The fraction of sp³-hybridized carbons (Fsp3) is 0.400. The van der Waals surface area contributed by atoms with E-state index in [0.29, 0.717) is 11.1 Å². The Morgan fingerprint density at radius 1 is 1.33 bits per heavy atom. The zero-order chi connectivity index (χ0) is 15.6. The molecule has 0 saturated heterocycles. The molecule has 2 rings (SSSR count). The van der Waals surface area contributed by atoms with Gasteiger partial charge in [-0.2, -0.15) is 0 Å². The number of aryl methyl sites for hydroxylation is 2. The minimum atomic E-state index is -3.08. The third-order valence-corrected chi connectivity index (χ3v) is 3.46. The lowest BCUT2D eigenvalue weighted by Crippen LogP contribution is -2.42. The number of nitrogens with two attached hydrogens (primary N) is 1. The van der Waals surface area contributed by atoms with E-state index < -0.39 is 24.9 Å². The number of hydrogen-bond donors (Lipinski definition) is 2. The van der Waals surface area contributed by atoms with Crippen LogP contribution in [0.2, 0.25) is 0 Å². The summed E-state index contributed by atoms with van der Waals surface area (Å²) in [5, 5.41) is 3.02. The lowest BCUT2D eigenvalue weighted by atomic mass is 10.0. The monoisotopic (exact) mass is 296 g/mol. The quantitative estimate of drug-likeness (QED) is 0.889. The summed E-state index contributed by atoms with van der Waals surface area (Å²) in [6.45, 7) is 2.39. The number of amides is 1. The molecule has 0 aliphatic heterocycles. The van der Waals surface area contributed by atoms with Crippen LogP contribution < -0.4 is 11.1 Å². The lowest BCUT2D eigenvalue weighted by Gasteiger charge is -2.14. The predicted molar refractivity (Wildman–Crippen MR) is 76.4 cm³/mol. The van der Waals surface area contributed by atoms with E-state index >= 15 is 0 Å². The van der Waals surface area contributed by atoms with Crippen molar-refractivity contribution in [1.82, 2.24) is 5.32 Å². The number of carbonyl (C=O) groups is 1. The Balaban J connectivity index is 2.10. The summed E-state index contributed by atoms with van der Waals surface area (Å²) in [6.07, 6.45) is 1.49. The average Bonchev–Trinajstić information content (AvgIpc) is 2.80. The van der Waals surface area contributed by atoms with Crippen LogP contribution in [-0.4, -0.2) is 24.9 Å². The summed E-state index contributed by atoms with van der Waals surface area (Å²) >= 11 is 0. The van der Waals surface area contributed by atoms with Crippen LogP contribution in [0.4, 0.5) is 8.78 Å². The van der Waals surface area contributed by atoms with Crippen LogP contribution in [0.5, 0.6) is 0 Å². The van der Waals surface area contributed by atoms with Crippen LogP contribution in [0.3, 0.4) is 0 Å². The summed E-state index contributed by atoms with van der Waals surface area (Å²) in [5.41, 5.74) is 8.46. The number of benzene rings is 1. The van der Waals surface area contributed by atoms with Gasteiger partial charge in [-0.15, -0.1) is 0 Å². The first-order chi connectivity index (χ1) is 9.82. The molecule has 6 heteroatoms. The molecule has 0 aliphatic rings. The molecule has 0 radical (unpaired) electrons. The number of fused-ring (bicyclic) bond motifs is 1. The van der Waals surface area contributed by atoms with Gasteiger partial charge in [0.05, 0.1) is 25.8 Å². The van der Waals surface area contributed by atoms with Crippen LogP contribution in [0.15, 0.2) is 22.8 Å². The molecular formula is C15H18F2N2O2. The van der Waals surface area contributed by atoms with Crippen molar-refractivity contribution < 1.29 is 18.0 Å². The number of furan rings is 1. The Hall–Kier alpha value is -1.95. The molecule has 1 amide bonds. The Morgan fingerprint density at radius 3 is 2.67 bits per heavy atom. The lowest BCUT2D eigenvalue weighted by molar-refractivity contribution is -0.122. The first-order valence-corrected chi connectivity index (χ1v) is 6.64. The molecular weight excluding hydrogens is 278 g/mol. The van der Waals surface area contributed by atoms with Crippen molar-refractivity contribution in [3.63, 3.8) is 0 Å². The van der Waals surface area contributed by atoms with Gasteiger partial charge >= 0.3 is 0 Å². The highest BCUT2D eigenvalue weighted by Crippen LogP contribution is 2.25. The maximum atomic E-state index is 13.0. The average molecular weight is 296 g/mol. The molecule has 0 bridgehead atoms. The second kappa shape index (κ2) is 5.81. The maximum Gasteiger partial charge on any atom is 0.277 e. The van der Waals surface area contributed by atoms with Gasteiger partial charge in [0.25, 0.3) is 5.92 Å². The molecule has 0 fully saturated rings. The van der Waals surface area contributed by atoms with E-state index in [0.717, 1.165) is 16.5 Å². The Bertz CT molecular complexity index is 665. The van der Waals surface area contributed by atoms with Gasteiger partial charge in [0, 0.05) is 10.9 Å². The smallest absolute Gasteiger partial charge is 0.277 e. The summed E-state index contributed by atoms with van der Waals surface area (Å²) in [5.74, 6) is -3.56. The van der Waals surface area contributed by atoms with Gasteiger partial charge in [0.15, 0.2) is 0 Å². The van der Waals surface area contributed by atoms with Crippen LogP contribution in [0, 0.1) is 13.8 Å². The molecule has 0 unspecified atom stereocenters. The Kier molecular flexibility index (Phi) is 4.27. The molecule has 1 aromatic heterocycles. The zero-order valence-corrected chi connectivity index (χ0v) is 12.0. The summed E-state index contributed by atoms with van der Waals surface area (Å²) < 4.78 is 31.4. The molecule has 2 aromatic rings. The van der Waals surface area contributed by atoms with Crippen molar-refractivity contribution in [1.29, 1.82) is 0 Å². The molecule has 0 aliphatic carbocycles. The summed E-state index contributed by atoms with van der Waals surface area (Å²) in [6, 6.07) is 3.83. The highest BCUT2D eigenvalue weighted by Gasteiger charge is 2.27. The minimum Gasteiger partial charge on any atom is -0.464 e. The van der Waals surface area contributed by atoms with E-state index in [1.54, 1.807) is 0 Å². The van der Waals surface area contributed by atoms with Gasteiger partial charge in [-0.3, -0.25) is 4.79 Å². The molecule has 1 heterocycles. The molecule has 3 N–H and O–H groups in total. The SMILES string of the molecule is Cc1cc2occ(CC(=O)NCC(F)(F)CN)c2cc1C. The number of nitrogens with one attached hydrogen (secondary N) is 1. The van der Waals surface area contributed by atoms with E-state index in [1.165, 1.54) is 6.26 Å². The van der Waals surface area contributed by atoms with Crippen molar-refractivity contribution in [2.24, 2.45) is 5.73 Å². The van der Waals surface area contributed by atoms with Crippen molar-refractivity contribution in [2.75, 3.05) is 13.1 Å². The normalized spacial score (nSPS) is 11.9.